The molecule has 0 aliphatic heterocycles. The molecule has 0 saturated heterocycles. The van der Waals surface area contributed by atoms with Gasteiger partial charge in [-0.3, -0.25) is 5.43 Å². The number of halogens is 1. The van der Waals surface area contributed by atoms with E-state index in [1.165, 1.54) is 13.3 Å². The average molecular weight is 344 g/mol. The number of aromatic hydroxyl groups is 1. The molecule has 0 radical (unpaired) electrons. The predicted molar refractivity (Wildman–Crippen MR) is 83.9 cm³/mol. The molecule has 0 heterocycles. The molecule has 7 heteroatoms. The van der Waals surface area contributed by atoms with E-state index >= 15 is 0 Å². The van der Waals surface area contributed by atoms with Crippen molar-refractivity contribution in [2.24, 2.45) is 5.10 Å². The van der Waals surface area contributed by atoms with Gasteiger partial charge in [0, 0.05) is 16.6 Å². The Balaban J connectivity index is 2.74. The highest BCUT2D eigenvalue weighted by Gasteiger charge is 2.07. The van der Waals surface area contributed by atoms with Gasteiger partial charge in [0.05, 0.1) is 13.3 Å². The van der Waals surface area contributed by atoms with Gasteiger partial charge in [-0.1, -0.05) is 22.0 Å². The molecule has 0 saturated carbocycles. The Morgan fingerprint density at radius 3 is 3.00 bits per heavy atom. The van der Waals surface area contributed by atoms with Gasteiger partial charge in [-0.2, -0.15) is 5.10 Å². The average Bonchev–Trinajstić information content (AvgIpc) is 2.39. The molecular weight excluding hydrogens is 330 g/mol. The molecule has 1 aromatic carbocycles. The Bertz CT molecular complexity index is 506. The molecule has 0 aliphatic rings. The Kier molecular flexibility index (Phi) is 6.31. The smallest absolute Gasteiger partial charge is 0.187 e. The van der Waals surface area contributed by atoms with Crippen LogP contribution in [0.4, 0.5) is 0 Å². The third-order valence-electron chi connectivity index (χ3n) is 2.07. The van der Waals surface area contributed by atoms with Gasteiger partial charge >= 0.3 is 0 Å². The minimum absolute atomic E-state index is 0.0150. The third kappa shape index (κ3) is 4.88. The number of benzene rings is 1. The number of phenolic OH excluding ortho intramolecular Hbond substituents is 1. The topological polar surface area (TPSA) is 65.9 Å². The van der Waals surface area contributed by atoms with Crippen LogP contribution in [0.25, 0.3) is 0 Å². The lowest BCUT2D eigenvalue weighted by atomic mass is 10.2. The number of ether oxygens (including phenoxy) is 1. The summed E-state index contributed by atoms with van der Waals surface area (Å²) in [5.74, 6) is 0.379. The van der Waals surface area contributed by atoms with Crippen molar-refractivity contribution in [2.45, 2.75) is 0 Å². The van der Waals surface area contributed by atoms with Crippen LogP contribution in [0.15, 0.2) is 34.4 Å². The van der Waals surface area contributed by atoms with Crippen molar-refractivity contribution in [1.29, 1.82) is 0 Å². The maximum atomic E-state index is 9.89. The van der Waals surface area contributed by atoms with Crippen molar-refractivity contribution >= 4 is 39.5 Å². The Hall–Kier alpha value is -1.60. The summed E-state index contributed by atoms with van der Waals surface area (Å²) < 4.78 is 5.81. The van der Waals surface area contributed by atoms with Crippen molar-refractivity contribution in [3.63, 3.8) is 0 Å². The van der Waals surface area contributed by atoms with E-state index in [9.17, 15) is 5.11 Å². The van der Waals surface area contributed by atoms with E-state index in [0.29, 0.717) is 23.0 Å². The number of methoxy groups -OCH3 is 1. The minimum atomic E-state index is 0.0150. The van der Waals surface area contributed by atoms with Crippen LogP contribution in [-0.4, -0.2) is 30.1 Å². The molecule has 0 unspecified atom stereocenters. The SMILES string of the molecule is C=CCNC(=S)NN=Cc1cc(Br)cc(OC)c1O. The maximum absolute atomic E-state index is 9.89. The van der Waals surface area contributed by atoms with Gasteiger partial charge in [-0.15, -0.1) is 6.58 Å². The number of phenols is 1. The Labute approximate surface area is 125 Å². The van der Waals surface area contributed by atoms with E-state index in [2.05, 4.69) is 38.4 Å². The number of hydrazone groups is 1. The minimum Gasteiger partial charge on any atom is -0.504 e. The fraction of sp³-hybridized carbons (Fsp3) is 0.167. The molecular formula is C12H14BrN3O2S. The normalized spacial score (nSPS) is 10.2. The maximum Gasteiger partial charge on any atom is 0.187 e. The summed E-state index contributed by atoms with van der Waals surface area (Å²) in [7, 11) is 1.48. The van der Waals surface area contributed by atoms with Crippen LogP contribution in [-0.2, 0) is 0 Å². The number of nitrogens with zero attached hydrogens (tertiary/aromatic N) is 1. The first-order valence-electron chi connectivity index (χ1n) is 5.32. The zero-order valence-electron chi connectivity index (χ0n) is 10.3. The first kappa shape index (κ1) is 15.5. The Morgan fingerprint density at radius 1 is 1.63 bits per heavy atom. The van der Waals surface area contributed by atoms with Crippen molar-refractivity contribution in [3.8, 4) is 11.5 Å². The summed E-state index contributed by atoms with van der Waals surface area (Å²) in [4.78, 5) is 0. The van der Waals surface area contributed by atoms with Gasteiger partial charge in [-0.25, -0.2) is 0 Å². The molecule has 19 heavy (non-hydrogen) atoms. The second-order valence-corrected chi connectivity index (χ2v) is 4.74. The van der Waals surface area contributed by atoms with E-state index in [1.807, 2.05) is 0 Å². The number of thiocarbonyl (C=S) groups is 1. The molecule has 0 aromatic heterocycles. The molecule has 3 N–H and O–H groups in total. The zero-order chi connectivity index (χ0) is 14.3. The van der Waals surface area contributed by atoms with Crippen LogP contribution in [0.5, 0.6) is 11.5 Å². The predicted octanol–water partition coefficient (Wildman–Crippen LogP) is 2.15. The van der Waals surface area contributed by atoms with Crippen molar-refractivity contribution in [1.82, 2.24) is 10.7 Å². The van der Waals surface area contributed by atoms with Gasteiger partial charge in [0.25, 0.3) is 0 Å². The van der Waals surface area contributed by atoms with Crippen LogP contribution >= 0.6 is 28.1 Å². The van der Waals surface area contributed by atoms with Crippen LogP contribution < -0.4 is 15.5 Å². The second-order valence-electron chi connectivity index (χ2n) is 3.41. The van der Waals surface area contributed by atoms with Crippen molar-refractivity contribution < 1.29 is 9.84 Å². The molecule has 0 amide bonds. The first-order valence-corrected chi connectivity index (χ1v) is 6.53. The van der Waals surface area contributed by atoms with E-state index < -0.39 is 0 Å². The lowest BCUT2D eigenvalue weighted by molar-refractivity contribution is 0.373. The lowest BCUT2D eigenvalue weighted by Gasteiger charge is -2.07. The van der Waals surface area contributed by atoms with E-state index in [-0.39, 0.29) is 5.75 Å². The van der Waals surface area contributed by atoms with E-state index in [4.69, 9.17) is 17.0 Å². The van der Waals surface area contributed by atoms with Gasteiger partial charge in [-0.05, 0) is 24.4 Å². The van der Waals surface area contributed by atoms with Crippen LogP contribution in [0.3, 0.4) is 0 Å². The highest BCUT2D eigenvalue weighted by atomic mass is 79.9. The standard InChI is InChI=1S/C12H14BrN3O2S/c1-3-4-14-12(19)16-15-7-8-5-9(13)6-10(18-2)11(8)17/h3,5-7,17H,1,4H2,2H3,(H2,14,16,19). The van der Waals surface area contributed by atoms with Crippen molar-refractivity contribution in [2.75, 3.05) is 13.7 Å². The summed E-state index contributed by atoms with van der Waals surface area (Å²) in [5, 5.41) is 17.0. The molecule has 0 fully saturated rings. The highest BCUT2D eigenvalue weighted by molar-refractivity contribution is 9.10. The first-order chi connectivity index (χ1) is 9.08. The summed E-state index contributed by atoms with van der Waals surface area (Å²) >= 11 is 8.28. The number of hydrogen-bond donors (Lipinski definition) is 3. The van der Waals surface area contributed by atoms with Crippen LogP contribution in [0.1, 0.15) is 5.56 Å². The molecule has 0 atom stereocenters. The molecule has 102 valence electrons. The lowest BCUT2D eigenvalue weighted by Crippen LogP contribution is -2.31. The van der Waals surface area contributed by atoms with Crippen LogP contribution in [0.2, 0.25) is 0 Å². The molecule has 5 nitrogen and oxygen atoms in total. The number of rotatable bonds is 5. The van der Waals surface area contributed by atoms with Gasteiger partial charge in [0.15, 0.2) is 16.6 Å². The number of nitrogens with one attached hydrogen (secondary N) is 2. The molecule has 1 rings (SSSR count). The monoisotopic (exact) mass is 343 g/mol. The van der Waals surface area contributed by atoms with Crippen LogP contribution in [0, 0.1) is 0 Å². The van der Waals surface area contributed by atoms with Crippen molar-refractivity contribution in [3.05, 3.63) is 34.8 Å². The van der Waals surface area contributed by atoms with E-state index in [0.717, 1.165) is 4.47 Å². The van der Waals surface area contributed by atoms with Gasteiger partial charge in [0.2, 0.25) is 0 Å². The van der Waals surface area contributed by atoms with Gasteiger partial charge in [0.1, 0.15) is 0 Å². The molecule has 1 aromatic rings. The third-order valence-corrected chi connectivity index (χ3v) is 2.76. The fourth-order valence-electron chi connectivity index (χ4n) is 1.21. The Morgan fingerprint density at radius 2 is 2.37 bits per heavy atom. The summed E-state index contributed by atoms with van der Waals surface area (Å²) in [6.45, 7) is 4.11. The quantitative estimate of drug-likeness (QED) is 0.331. The summed E-state index contributed by atoms with van der Waals surface area (Å²) in [5.41, 5.74) is 3.13. The molecule has 0 spiro atoms. The molecule has 0 bridgehead atoms. The molecule has 0 aliphatic carbocycles. The fourth-order valence-corrected chi connectivity index (χ4v) is 1.80. The summed E-state index contributed by atoms with van der Waals surface area (Å²) in [6, 6.07) is 3.37. The summed E-state index contributed by atoms with van der Waals surface area (Å²) in [6.07, 6.45) is 3.13. The number of hydrogen-bond acceptors (Lipinski definition) is 4. The zero-order valence-corrected chi connectivity index (χ0v) is 12.7. The van der Waals surface area contributed by atoms with Gasteiger partial charge < -0.3 is 15.2 Å². The van der Waals surface area contributed by atoms with E-state index in [1.54, 1.807) is 18.2 Å². The second kappa shape index (κ2) is 7.75. The highest BCUT2D eigenvalue weighted by Crippen LogP contribution is 2.32. The largest absolute Gasteiger partial charge is 0.504 e.